The molecule has 1 rings (SSSR count). The van der Waals surface area contributed by atoms with E-state index in [4.69, 9.17) is 9.47 Å². The first-order chi connectivity index (χ1) is 8.54. The summed E-state index contributed by atoms with van der Waals surface area (Å²) in [5, 5.41) is 12.4. The summed E-state index contributed by atoms with van der Waals surface area (Å²) >= 11 is 0. The van der Waals surface area contributed by atoms with Crippen molar-refractivity contribution < 1.29 is 14.6 Å². The molecule has 4 nitrogen and oxygen atoms in total. The molecular weight excluding hydrogens is 230 g/mol. The fraction of sp³-hybridized carbons (Fsp3) is 0.571. The number of para-hydroxylation sites is 1. The van der Waals surface area contributed by atoms with E-state index in [-0.39, 0.29) is 12.2 Å². The zero-order valence-corrected chi connectivity index (χ0v) is 11.6. The molecule has 18 heavy (non-hydrogen) atoms. The molecule has 0 amide bonds. The monoisotopic (exact) mass is 253 g/mol. The van der Waals surface area contributed by atoms with Gasteiger partial charge in [0, 0.05) is 18.7 Å². The lowest BCUT2D eigenvalue weighted by Gasteiger charge is -2.18. The Morgan fingerprint density at radius 1 is 1.28 bits per heavy atom. The third-order valence-corrected chi connectivity index (χ3v) is 2.39. The lowest BCUT2D eigenvalue weighted by Crippen LogP contribution is -2.24. The first kappa shape index (κ1) is 14.8. The van der Waals surface area contributed by atoms with Crippen molar-refractivity contribution in [2.75, 3.05) is 13.7 Å². The molecule has 0 aromatic heterocycles. The highest BCUT2D eigenvalue weighted by molar-refractivity contribution is 5.46. The second-order valence-electron chi connectivity index (χ2n) is 4.60. The topological polar surface area (TPSA) is 50.7 Å². The van der Waals surface area contributed by atoms with Crippen molar-refractivity contribution in [1.82, 2.24) is 5.32 Å². The maximum atomic E-state index is 9.23. The molecule has 1 aromatic carbocycles. The molecule has 1 aromatic rings. The molecule has 1 atom stereocenters. The summed E-state index contributed by atoms with van der Waals surface area (Å²) in [6.45, 7) is 6.92. The van der Waals surface area contributed by atoms with Gasteiger partial charge in [0.1, 0.15) is 0 Å². The van der Waals surface area contributed by atoms with Crippen LogP contribution in [0.4, 0.5) is 0 Å². The fourth-order valence-electron chi connectivity index (χ4n) is 1.65. The Kier molecular flexibility index (Phi) is 5.95. The van der Waals surface area contributed by atoms with Gasteiger partial charge in [-0.15, -0.1) is 0 Å². The maximum absolute atomic E-state index is 9.23. The van der Waals surface area contributed by atoms with Crippen molar-refractivity contribution in [1.29, 1.82) is 0 Å². The average molecular weight is 253 g/mol. The highest BCUT2D eigenvalue weighted by atomic mass is 16.5. The summed E-state index contributed by atoms with van der Waals surface area (Å²) < 4.78 is 11.1. The van der Waals surface area contributed by atoms with Gasteiger partial charge in [-0.1, -0.05) is 12.1 Å². The Morgan fingerprint density at radius 2 is 2.00 bits per heavy atom. The van der Waals surface area contributed by atoms with Crippen LogP contribution >= 0.6 is 0 Å². The van der Waals surface area contributed by atoms with Gasteiger partial charge in [0.2, 0.25) is 0 Å². The molecule has 102 valence electrons. The second kappa shape index (κ2) is 7.24. The lowest BCUT2D eigenvalue weighted by molar-refractivity contribution is 0.190. The van der Waals surface area contributed by atoms with E-state index in [0.717, 1.165) is 17.1 Å². The van der Waals surface area contributed by atoms with Gasteiger partial charge in [-0.3, -0.25) is 0 Å². The number of hydrogen-bond acceptors (Lipinski definition) is 4. The van der Waals surface area contributed by atoms with Crippen LogP contribution in [0.3, 0.4) is 0 Å². The van der Waals surface area contributed by atoms with Crippen molar-refractivity contribution in [3.63, 3.8) is 0 Å². The van der Waals surface area contributed by atoms with Crippen molar-refractivity contribution in [2.45, 2.75) is 39.5 Å². The Labute approximate surface area is 109 Å². The molecular formula is C14H23NO3. The van der Waals surface area contributed by atoms with E-state index in [1.54, 1.807) is 14.0 Å². The second-order valence-corrected chi connectivity index (χ2v) is 4.60. The van der Waals surface area contributed by atoms with Gasteiger partial charge in [-0.2, -0.15) is 0 Å². The Balaban J connectivity index is 2.81. The number of rotatable bonds is 7. The predicted molar refractivity (Wildman–Crippen MR) is 72.1 cm³/mol. The van der Waals surface area contributed by atoms with E-state index < -0.39 is 0 Å². The van der Waals surface area contributed by atoms with Gasteiger partial charge in [0.25, 0.3) is 0 Å². The summed E-state index contributed by atoms with van der Waals surface area (Å²) in [4.78, 5) is 0. The molecule has 0 bridgehead atoms. The van der Waals surface area contributed by atoms with Crippen LogP contribution < -0.4 is 14.8 Å². The lowest BCUT2D eigenvalue weighted by atomic mass is 10.1. The standard InChI is InChI=1S/C14H23NO3/c1-10(2)18-14-12(9-15-8-11(3)16)6-5-7-13(14)17-4/h5-7,10-11,15-16H,8-9H2,1-4H3. The van der Waals surface area contributed by atoms with Gasteiger partial charge < -0.3 is 19.9 Å². The van der Waals surface area contributed by atoms with Crippen LogP contribution in [0.5, 0.6) is 11.5 Å². The van der Waals surface area contributed by atoms with Crippen molar-refractivity contribution in [3.8, 4) is 11.5 Å². The molecule has 0 aliphatic rings. The van der Waals surface area contributed by atoms with E-state index in [0.29, 0.717) is 13.1 Å². The minimum atomic E-state index is -0.356. The van der Waals surface area contributed by atoms with Crippen LogP contribution in [-0.2, 0) is 6.54 Å². The van der Waals surface area contributed by atoms with Gasteiger partial charge in [0.05, 0.1) is 19.3 Å². The van der Waals surface area contributed by atoms with Gasteiger partial charge in [0.15, 0.2) is 11.5 Å². The zero-order valence-electron chi connectivity index (χ0n) is 11.6. The summed E-state index contributed by atoms with van der Waals surface area (Å²) in [7, 11) is 1.63. The molecule has 0 spiro atoms. The van der Waals surface area contributed by atoms with Crippen LogP contribution in [0, 0.1) is 0 Å². The highest BCUT2D eigenvalue weighted by Crippen LogP contribution is 2.31. The molecule has 0 saturated carbocycles. The van der Waals surface area contributed by atoms with Gasteiger partial charge >= 0.3 is 0 Å². The third kappa shape index (κ3) is 4.55. The smallest absolute Gasteiger partial charge is 0.166 e. The van der Waals surface area contributed by atoms with Crippen molar-refractivity contribution >= 4 is 0 Å². The number of aliphatic hydroxyl groups excluding tert-OH is 1. The molecule has 0 fully saturated rings. The zero-order chi connectivity index (χ0) is 13.5. The molecule has 0 saturated heterocycles. The summed E-state index contributed by atoms with van der Waals surface area (Å²) in [6.07, 6.45) is -0.262. The molecule has 0 radical (unpaired) electrons. The highest BCUT2D eigenvalue weighted by Gasteiger charge is 2.11. The Morgan fingerprint density at radius 3 is 2.56 bits per heavy atom. The number of hydrogen-bond donors (Lipinski definition) is 2. The van der Waals surface area contributed by atoms with Crippen LogP contribution in [0.15, 0.2) is 18.2 Å². The average Bonchev–Trinajstić information content (AvgIpc) is 2.30. The largest absolute Gasteiger partial charge is 0.493 e. The van der Waals surface area contributed by atoms with Crippen molar-refractivity contribution in [2.24, 2.45) is 0 Å². The Hall–Kier alpha value is -1.26. The number of nitrogens with one attached hydrogen (secondary N) is 1. The Bertz CT molecular complexity index is 364. The summed E-state index contributed by atoms with van der Waals surface area (Å²) in [5.74, 6) is 1.51. The van der Waals surface area contributed by atoms with Gasteiger partial charge in [-0.05, 0) is 26.8 Å². The SMILES string of the molecule is COc1cccc(CNCC(C)O)c1OC(C)C. The number of benzene rings is 1. The minimum absolute atomic E-state index is 0.0943. The summed E-state index contributed by atoms with van der Waals surface area (Å²) in [5.41, 5.74) is 1.03. The van der Waals surface area contributed by atoms with E-state index in [2.05, 4.69) is 5.32 Å². The van der Waals surface area contributed by atoms with Crippen LogP contribution in [-0.4, -0.2) is 31.0 Å². The maximum Gasteiger partial charge on any atom is 0.166 e. The number of ether oxygens (including phenoxy) is 2. The molecule has 0 heterocycles. The fourth-order valence-corrected chi connectivity index (χ4v) is 1.65. The first-order valence-corrected chi connectivity index (χ1v) is 6.26. The molecule has 2 N–H and O–H groups in total. The molecule has 1 unspecified atom stereocenters. The van der Waals surface area contributed by atoms with Crippen molar-refractivity contribution in [3.05, 3.63) is 23.8 Å². The molecule has 0 aliphatic heterocycles. The quantitative estimate of drug-likeness (QED) is 0.780. The molecule has 4 heteroatoms. The van der Waals surface area contributed by atoms with E-state index >= 15 is 0 Å². The van der Waals surface area contributed by atoms with Gasteiger partial charge in [-0.25, -0.2) is 0 Å². The summed E-state index contributed by atoms with van der Waals surface area (Å²) in [6, 6.07) is 5.82. The predicted octanol–water partition coefficient (Wildman–Crippen LogP) is 1.95. The van der Waals surface area contributed by atoms with Crippen LogP contribution in [0.2, 0.25) is 0 Å². The number of methoxy groups -OCH3 is 1. The number of aliphatic hydroxyl groups is 1. The minimum Gasteiger partial charge on any atom is -0.493 e. The third-order valence-electron chi connectivity index (χ3n) is 2.39. The van der Waals surface area contributed by atoms with E-state index in [1.807, 2.05) is 32.0 Å². The normalized spacial score (nSPS) is 12.6. The van der Waals surface area contributed by atoms with E-state index in [1.165, 1.54) is 0 Å². The molecule has 0 aliphatic carbocycles. The van der Waals surface area contributed by atoms with E-state index in [9.17, 15) is 5.11 Å². The van der Waals surface area contributed by atoms with Crippen LogP contribution in [0.25, 0.3) is 0 Å². The first-order valence-electron chi connectivity index (χ1n) is 6.26. The van der Waals surface area contributed by atoms with Crippen LogP contribution in [0.1, 0.15) is 26.3 Å².